The summed E-state index contributed by atoms with van der Waals surface area (Å²) in [5.74, 6) is -1.37. The van der Waals surface area contributed by atoms with E-state index in [0.717, 1.165) is 4.88 Å². The van der Waals surface area contributed by atoms with E-state index in [1.54, 1.807) is 13.1 Å². The van der Waals surface area contributed by atoms with Crippen LogP contribution in [0.5, 0.6) is 0 Å². The number of aliphatic hydroxyl groups is 1. The average Bonchev–Trinajstić information content (AvgIpc) is 2.70. The zero-order valence-electron chi connectivity index (χ0n) is 9.59. The number of carboxylic acids is 1. The van der Waals surface area contributed by atoms with E-state index in [1.165, 1.54) is 16.2 Å². The number of aliphatic carboxylic acids is 1. The molecular formula is C10H13ClN2O4S. The molecule has 0 aromatic carbocycles. The van der Waals surface area contributed by atoms with Crippen molar-refractivity contribution in [1.82, 2.24) is 10.2 Å². The van der Waals surface area contributed by atoms with Crippen molar-refractivity contribution in [2.24, 2.45) is 0 Å². The number of thiophene rings is 1. The van der Waals surface area contributed by atoms with Crippen LogP contribution in [0.15, 0.2) is 12.1 Å². The largest absolute Gasteiger partial charge is 0.479 e. The van der Waals surface area contributed by atoms with Crippen molar-refractivity contribution in [2.75, 3.05) is 13.6 Å². The molecule has 0 bridgehead atoms. The lowest BCUT2D eigenvalue weighted by molar-refractivity contribution is -0.146. The maximum atomic E-state index is 11.6. The van der Waals surface area contributed by atoms with Gasteiger partial charge in [0.25, 0.3) is 0 Å². The number of carbonyl (C=O) groups is 2. The van der Waals surface area contributed by atoms with Crippen molar-refractivity contribution in [3.63, 3.8) is 0 Å². The molecule has 0 spiro atoms. The molecule has 1 aromatic heterocycles. The number of nitrogens with one attached hydrogen (secondary N) is 1. The van der Waals surface area contributed by atoms with Crippen LogP contribution in [0.3, 0.4) is 0 Å². The Bertz CT molecular complexity index is 437. The van der Waals surface area contributed by atoms with Gasteiger partial charge < -0.3 is 20.4 Å². The minimum absolute atomic E-state index is 0.330. The molecule has 6 nitrogen and oxygen atoms in total. The fraction of sp³-hybridized carbons (Fsp3) is 0.400. The highest BCUT2D eigenvalue weighted by Crippen LogP contribution is 2.22. The second-order valence-corrected chi connectivity index (χ2v) is 5.40. The van der Waals surface area contributed by atoms with Gasteiger partial charge in [0.15, 0.2) is 6.10 Å². The molecule has 0 aliphatic carbocycles. The van der Waals surface area contributed by atoms with Gasteiger partial charge in [0.05, 0.1) is 17.4 Å². The molecule has 1 rings (SSSR count). The van der Waals surface area contributed by atoms with Crippen molar-refractivity contribution in [2.45, 2.75) is 12.6 Å². The van der Waals surface area contributed by atoms with Gasteiger partial charge in [-0.05, 0) is 12.1 Å². The SMILES string of the molecule is CN(Cc1ccc(Cl)s1)C(=O)NC[C@H](O)C(=O)O. The smallest absolute Gasteiger partial charge is 0.334 e. The molecule has 0 radical (unpaired) electrons. The van der Waals surface area contributed by atoms with Crippen LogP contribution < -0.4 is 5.32 Å². The van der Waals surface area contributed by atoms with Crippen molar-refractivity contribution in [3.8, 4) is 0 Å². The predicted octanol–water partition coefficient (Wildman–Crippen LogP) is 0.988. The van der Waals surface area contributed by atoms with Crippen LogP contribution in [-0.4, -0.2) is 46.8 Å². The first kappa shape index (κ1) is 14.7. The number of amides is 2. The molecule has 0 unspecified atom stereocenters. The van der Waals surface area contributed by atoms with Crippen LogP contribution in [0.4, 0.5) is 4.79 Å². The van der Waals surface area contributed by atoms with Crippen LogP contribution in [0.25, 0.3) is 0 Å². The molecule has 2 amide bonds. The molecule has 100 valence electrons. The van der Waals surface area contributed by atoms with Gasteiger partial charge in [-0.3, -0.25) is 0 Å². The van der Waals surface area contributed by atoms with E-state index < -0.39 is 18.1 Å². The quantitative estimate of drug-likeness (QED) is 0.755. The summed E-state index contributed by atoms with van der Waals surface area (Å²) < 4.78 is 0.639. The third kappa shape index (κ3) is 4.52. The summed E-state index contributed by atoms with van der Waals surface area (Å²) in [5, 5.41) is 19.8. The van der Waals surface area contributed by atoms with E-state index in [0.29, 0.717) is 10.9 Å². The second-order valence-electron chi connectivity index (χ2n) is 3.60. The monoisotopic (exact) mass is 292 g/mol. The summed E-state index contributed by atoms with van der Waals surface area (Å²) in [5.41, 5.74) is 0. The topological polar surface area (TPSA) is 89.9 Å². The lowest BCUT2D eigenvalue weighted by atomic mass is 10.3. The molecular weight excluding hydrogens is 280 g/mol. The van der Waals surface area contributed by atoms with Crippen LogP contribution >= 0.6 is 22.9 Å². The normalized spacial score (nSPS) is 11.9. The molecule has 0 saturated carbocycles. The van der Waals surface area contributed by atoms with Crippen molar-refractivity contribution >= 4 is 34.9 Å². The highest BCUT2D eigenvalue weighted by atomic mass is 35.5. The maximum absolute atomic E-state index is 11.6. The molecule has 3 N–H and O–H groups in total. The molecule has 0 fully saturated rings. The number of carboxylic acid groups (broad SMARTS) is 1. The number of rotatable bonds is 5. The molecule has 0 aliphatic heterocycles. The number of halogens is 1. The summed E-state index contributed by atoms with van der Waals surface area (Å²) >= 11 is 7.13. The van der Waals surface area contributed by atoms with Gasteiger partial charge in [0.2, 0.25) is 0 Å². The maximum Gasteiger partial charge on any atom is 0.334 e. The van der Waals surface area contributed by atoms with E-state index in [1.807, 2.05) is 6.07 Å². The Kier molecular flexibility index (Phi) is 5.39. The highest BCUT2D eigenvalue weighted by molar-refractivity contribution is 7.16. The van der Waals surface area contributed by atoms with Gasteiger partial charge in [-0.25, -0.2) is 9.59 Å². The zero-order valence-corrected chi connectivity index (χ0v) is 11.2. The van der Waals surface area contributed by atoms with E-state index in [9.17, 15) is 9.59 Å². The van der Waals surface area contributed by atoms with E-state index in [-0.39, 0.29) is 6.54 Å². The van der Waals surface area contributed by atoms with E-state index in [2.05, 4.69) is 5.32 Å². The Hall–Kier alpha value is -1.31. The Morgan fingerprint density at radius 2 is 2.22 bits per heavy atom. The average molecular weight is 293 g/mol. The summed E-state index contributed by atoms with van der Waals surface area (Å²) in [7, 11) is 1.57. The molecule has 0 saturated heterocycles. The number of aliphatic hydroxyl groups excluding tert-OH is 1. The minimum Gasteiger partial charge on any atom is -0.479 e. The van der Waals surface area contributed by atoms with Gasteiger partial charge >= 0.3 is 12.0 Å². The van der Waals surface area contributed by atoms with Crippen LogP contribution in [-0.2, 0) is 11.3 Å². The standard InChI is InChI=1S/C10H13ClN2O4S/c1-13(5-6-2-3-8(11)18-6)10(17)12-4-7(14)9(15)16/h2-3,7,14H,4-5H2,1H3,(H,12,17)(H,15,16)/t7-/m0/s1. The fourth-order valence-electron chi connectivity index (χ4n) is 1.15. The van der Waals surface area contributed by atoms with Crippen LogP contribution in [0.2, 0.25) is 4.34 Å². The second kappa shape index (κ2) is 6.58. The first-order chi connectivity index (χ1) is 8.40. The number of carbonyl (C=O) groups excluding carboxylic acids is 1. The first-order valence-corrected chi connectivity index (χ1v) is 6.23. The summed E-state index contributed by atoms with van der Waals surface area (Å²) in [6.45, 7) is 0.0378. The van der Waals surface area contributed by atoms with Gasteiger partial charge in [-0.15, -0.1) is 11.3 Å². The van der Waals surface area contributed by atoms with Crippen molar-refractivity contribution in [3.05, 3.63) is 21.3 Å². The van der Waals surface area contributed by atoms with E-state index in [4.69, 9.17) is 21.8 Å². The Labute approximate surface area is 113 Å². The summed E-state index contributed by atoms with van der Waals surface area (Å²) in [6.07, 6.45) is -1.60. The van der Waals surface area contributed by atoms with Gasteiger partial charge in [-0.2, -0.15) is 0 Å². The molecule has 0 aliphatic rings. The predicted molar refractivity (Wildman–Crippen MR) is 67.8 cm³/mol. The van der Waals surface area contributed by atoms with Gasteiger partial charge in [0, 0.05) is 11.9 Å². The number of nitrogens with zero attached hydrogens (tertiary/aromatic N) is 1. The highest BCUT2D eigenvalue weighted by Gasteiger charge is 2.16. The third-order valence-corrected chi connectivity index (χ3v) is 3.32. The molecule has 8 heteroatoms. The molecule has 1 aromatic rings. The summed E-state index contributed by atoms with van der Waals surface area (Å²) in [4.78, 5) is 24.2. The molecule has 18 heavy (non-hydrogen) atoms. The Balaban J connectivity index is 2.39. The number of hydrogen-bond donors (Lipinski definition) is 3. The minimum atomic E-state index is -1.60. The Morgan fingerprint density at radius 1 is 1.56 bits per heavy atom. The van der Waals surface area contributed by atoms with Gasteiger partial charge in [-0.1, -0.05) is 11.6 Å². The lowest BCUT2D eigenvalue weighted by Crippen LogP contribution is -2.42. The summed E-state index contributed by atoms with van der Waals surface area (Å²) in [6, 6.07) is 3.09. The van der Waals surface area contributed by atoms with Gasteiger partial charge in [0.1, 0.15) is 0 Å². The first-order valence-electron chi connectivity index (χ1n) is 5.04. The molecule has 1 heterocycles. The van der Waals surface area contributed by atoms with Crippen LogP contribution in [0.1, 0.15) is 4.88 Å². The molecule has 1 atom stereocenters. The Morgan fingerprint density at radius 3 is 2.72 bits per heavy atom. The van der Waals surface area contributed by atoms with Crippen molar-refractivity contribution < 1.29 is 19.8 Å². The third-order valence-electron chi connectivity index (χ3n) is 2.10. The number of urea groups is 1. The number of hydrogen-bond acceptors (Lipinski definition) is 4. The van der Waals surface area contributed by atoms with Crippen molar-refractivity contribution in [1.29, 1.82) is 0 Å². The van der Waals surface area contributed by atoms with E-state index >= 15 is 0 Å². The zero-order chi connectivity index (χ0) is 13.7. The fourth-order valence-corrected chi connectivity index (χ4v) is 2.29. The van der Waals surface area contributed by atoms with Crippen LogP contribution in [0, 0.1) is 0 Å². The lowest BCUT2D eigenvalue weighted by Gasteiger charge is -2.17.